The van der Waals surface area contributed by atoms with Crippen molar-refractivity contribution in [3.8, 4) is 0 Å². The van der Waals surface area contributed by atoms with Gasteiger partial charge in [-0.05, 0) is 26.0 Å². The Morgan fingerprint density at radius 1 is 1.29 bits per heavy atom. The lowest BCUT2D eigenvalue weighted by Gasteiger charge is -2.09. The molecule has 0 radical (unpaired) electrons. The van der Waals surface area contributed by atoms with Crippen LogP contribution in [0.5, 0.6) is 0 Å². The molecule has 0 saturated heterocycles. The standard InChI is InChI=1S/C10H11F2NO/c1-6(2)13-10(14)9-7(11)4-3-5-8(9)12/h3-6H,1-2H3,(H,13,14). The molecular formula is C10H11F2NO. The first-order valence-corrected chi connectivity index (χ1v) is 4.27. The van der Waals surface area contributed by atoms with Gasteiger partial charge in [-0.15, -0.1) is 0 Å². The Morgan fingerprint density at radius 2 is 1.79 bits per heavy atom. The van der Waals surface area contributed by atoms with Gasteiger partial charge in [0.05, 0.1) is 0 Å². The fraction of sp³-hybridized carbons (Fsp3) is 0.300. The summed E-state index contributed by atoms with van der Waals surface area (Å²) in [6.07, 6.45) is 0. The lowest BCUT2D eigenvalue weighted by Crippen LogP contribution is -2.31. The van der Waals surface area contributed by atoms with E-state index < -0.39 is 23.1 Å². The molecule has 1 aromatic carbocycles. The fourth-order valence-electron chi connectivity index (χ4n) is 1.05. The normalized spacial score (nSPS) is 10.4. The Balaban J connectivity index is 3.00. The van der Waals surface area contributed by atoms with Crippen LogP contribution < -0.4 is 5.32 Å². The van der Waals surface area contributed by atoms with E-state index in [4.69, 9.17) is 0 Å². The lowest BCUT2D eigenvalue weighted by atomic mass is 10.2. The number of rotatable bonds is 2. The summed E-state index contributed by atoms with van der Waals surface area (Å²) in [5, 5.41) is 2.42. The van der Waals surface area contributed by atoms with Crippen molar-refractivity contribution >= 4 is 5.91 Å². The van der Waals surface area contributed by atoms with Crippen LogP contribution in [0.2, 0.25) is 0 Å². The maximum atomic E-state index is 13.1. The third-order valence-electron chi connectivity index (χ3n) is 1.61. The molecule has 1 N–H and O–H groups in total. The van der Waals surface area contributed by atoms with Crippen molar-refractivity contribution in [2.24, 2.45) is 0 Å². The van der Waals surface area contributed by atoms with Crippen LogP contribution in [-0.4, -0.2) is 11.9 Å². The number of benzene rings is 1. The van der Waals surface area contributed by atoms with Crippen molar-refractivity contribution in [1.29, 1.82) is 0 Å². The van der Waals surface area contributed by atoms with Crippen molar-refractivity contribution in [2.45, 2.75) is 19.9 Å². The molecule has 0 unspecified atom stereocenters. The highest BCUT2D eigenvalue weighted by Gasteiger charge is 2.16. The summed E-state index contributed by atoms with van der Waals surface area (Å²) in [4.78, 5) is 11.3. The Bertz CT molecular complexity index is 330. The average Bonchev–Trinajstić information content (AvgIpc) is 2.01. The number of nitrogens with one attached hydrogen (secondary N) is 1. The minimum absolute atomic E-state index is 0.151. The second kappa shape index (κ2) is 4.17. The molecule has 2 nitrogen and oxygen atoms in total. The first-order chi connectivity index (χ1) is 6.52. The van der Waals surface area contributed by atoms with Crippen LogP contribution in [0.15, 0.2) is 18.2 Å². The molecule has 1 amide bonds. The molecule has 0 spiro atoms. The Kier molecular flexibility index (Phi) is 3.17. The van der Waals surface area contributed by atoms with Crippen LogP contribution in [0.1, 0.15) is 24.2 Å². The van der Waals surface area contributed by atoms with Crippen molar-refractivity contribution in [3.05, 3.63) is 35.4 Å². The van der Waals surface area contributed by atoms with Gasteiger partial charge in [0.1, 0.15) is 17.2 Å². The van der Waals surface area contributed by atoms with Gasteiger partial charge in [-0.2, -0.15) is 0 Å². The number of hydrogen-bond donors (Lipinski definition) is 1. The minimum atomic E-state index is -0.844. The molecule has 0 aromatic heterocycles. The molecule has 0 aliphatic carbocycles. The van der Waals surface area contributed by atoms with Gasteiger partial charge in [-0.3, -0.25) is 4.79 Å². The number of carbonyl (C=O) groups excluding carboxylic acids is 1. The second-order valence-electron chi connectivity index (χ2n) is 3.22. The van der Waals surface area contributed by atoms with E-state index in [1.165, 1.54) is 6.07 Å². The molecule has 0 aliphatic rings. The van der Waals surface area contributed by atoms with Gasteiger partial charge in [0.25, 0.3) is 5.91 Å². The summed E-state index contributed by atoms with van der Waals surface area (Å²) in [6, 6.07) is 3.18. The van der Waals surface area contributed by atoms with Crippen molar-refractivity contribution < 1.29 is 13.6 Å². The number of halogens is 2. The smallest absolute Gasteiger partial charge is 0.257 e. The van der Waals surface area contributed by atoms with Gasteiger partial charge < -0.3 is 5.32 Å². The number of carbonyl (C=O) groups is 1. The zero-order chi connectivity index (χ0) is 10.7. The highest BCUT2D eigenvalue weighted by Crippen LogP contribution is 2.11. The molecule has 1 rings (SSSR count). The largest absolute Gasteiger partial charge is 0.350 e. The third-order valence-corrected chi connectivity index (χ3v) is 1.61. The minimum Gasteiger partial charge on any atom is -0.350 e. The molecule has 0 bridgehead atoms. The summed E-state index contributed by atoms with van der Waals surface area (Å²) in [5.74, 6) is -2.41. The van der Waals surface area contributed by atoms with E-state index >= 15 is 0 Å². The van der Waals surface area contributed by atoms with Crippen LogP contribution in [-0.2, 0) is 0 Å². The van der Waals surface area contributed by atoms with Gasteiger partial charge in [-0.1, -0.05) is 6.07 Å². The summed E-state index contributed by atoms with van der Waals surface area (Å²) < 4.78 is 26.1. The maximum Gasteiger partial charge on any atom is 0.257 e. The van der Waals surface area contributed by atoms with Crippen LogP contribution in [0.25, 0.3) is 0 Å². The SMILES string of the molecule is CC(C)NC(=O)c1c(F)cccc1F. The highest BCUT2D eigenvalue weighted by molar-refractivity contribution is 5.94. The Hall–Kier alpha value is -1.45. The molecule has 1 aromatic rings. The topological polar surface area (TPSA) is 29.1 Å². The van der Waals surface area contributed by atoms with E-state index in [9.17, 15) is 13.6 Å². The molecule has 0 heterocycles. The van der Waals surface area contributed by atoms with Gasteiger partial charge in [0.15, 0.2) is 0 Å². The number of hydrogen-bond acceptors (Lipinski definition) is 1. The first-order valence-electron chi connectivity index (χ1n) is 4.27. The van der Waals surface area contributed by atoms with E-state index in [2.05, 4.69) is 5.32 Å². The quantitative estimate of drug-likeness (QED) is 0.776. The summed E-state index contributed by atoms with van der Waals surface area (Å²) in [5.41, 5.74) is -0.527. The lowest BCUT2D eigenvalue weighted by molar-refractivity contribution is 0.0934. The third kappa shape index (κ3) is 2.28. The van der Waals surface area contributed by atoms with E-state index in [0.29, 0.717) is 0 Å². The van der Waals surface area contributed by atoms with E-state index in [0.717, 1.165) is 12.1 Å². The van der Waals surface area contributed by atoms with Crippen LogP contribution in [0.3, 0.4) is 0 Å². The summed E-state index contributed by atoms with van der Waals surface area (Å²) >= 11 is 0. The molecular weight excluding hydrogens is 188 g/mol. The molecule has 0 atom stereocenters. The Labute approximate surface area is 80.9 Å². The number of amides is 1. The van der Waals surface area contributed by atoms with Gasteiger partial charge in [0, 0.05) is 6.04 Å². The molecule has 0 saturated carbocycles. The van der Waals surface area contributed by atoms with Crippen molar-refractivity contribution in [3.63, 3.8) is 0 Å². The monoisotopic (exact) mass is 199 g/mol. The van der Waals surface area contributed by atoms with Crippen molar-refractivity contribution in [2.75, 3.05) is 0 Å². The molecule has 4 heteroatoms. The van der Waals surface area contributed by atoms with Crippen molar-refractivity contribution in [1.82, 2.24) is 5.32 Å². The van der Waals surface area contributed by atoms with E-state index in [1.807, 2.05) is 0 Å². The van der Waals surface area contributed by atoms with Crippen LogP contribution >= 0.6 is 0 Å². The summed E-state index contributed by atoms with van der Waals surface area (Å²) in [7, 11) is 0. The highest BCUT2D eigenvalue weighted by atomic mass is 19.1. The zero-order valence-electron chi connectivity index (χ0n) is 7.97. The molecule has 0 fully saturated rings. The van der Waals surface area contributed by atoms with Gasteiger partial charge in [-0.25, -0.2) is 8.78 Å². The predicted molar refractivity (Wildman–Crippen MR) is 49.0 cm³/mol. The molecule has 76 valence electrons. The zero-order valence-corrected chi connectivity index (χ0v) is 7.97. The van der Waals surface area contributed by atoms with Gasteiger partial charge in [0.2, 0.25) is 0 Å². The van der Waals surface area contributed by atoms with Crippen LogP contribution in [0, 0.1) is 11.6 Å². The second-order valence-corrected chi connectivity index (χ2v) is 3.22. The maximum absolute atomic E-state index is 13.1. The molecule has 14 heavy (non-hydrogen) atoms. The van der Waals surface area contributed by atoms with E-state index in [1.54, 1.807) is 13.8 Å². The molecule has 0 aliphatic heterocycles. The average molecular weight is 199 g/mol. The van der Waals surface area contributed by atoms with E-state index in [-0.39, 0.29) is 6.04 Å². The first kappa shape index (κ1) is 10.6. The van der Waals surface area contributed by atoms with Crippen LogP contribution in [0.4, 0.5) is 8.78 Å². The predicted octanol–water partition coefficient (Wildman–Crippen LogP) is 2.10. The van der Waals surface area contributed by atoms with Gasteiger partial charge >= 0.3 is 0 Å². The Morgan fingerprint density at radius 3 is 2.21 bits per heavy atom. The summed E-state index contributed by atoms with van der Waals surface area (Å²) in [6.45, 7) is 3.44. The fourth-order valence-corrected chi connectivity index (χ4v) is 1.05.